The summed E-state index contributed by atoms with van der Waals surface area (Å²) in [5.74, 6) is 0. The van der Waals surface area contributed by atoms with Gasteiger partial charge in [0.2, 0.25) is 5.69 Å². The van der Waals surface area contributed by atoms with Gasteiger partial charge in [0, 0.05) is 21.2 Å². The first kappa shape index (κ1) is 16.2. The molecule has 0 fully saturated rings. The Morgan fingerprint density at radius 3 is 2.62 bits per heavy atom. The highest BCUT2D eigenvalue weighted by atomic mass is 32.2. The molecule has 0 atom stereocenters. The number of hydrogen-bond acceptors (Lipinski definition) is 2. The molecule has 26 heavy (non-hydrogen) atoms. The van der Waals surface area contributed by atoms with E-state index in [0.717, 1.165) is 5.58 Å². The Bertz CT molecular complexity index is 1220. The van der Waals surface area contributed by atoms with E-state index in [1.165, 1.54) is 48.0 Å². The van der Waals surface area contributed by atoms with Gasteiger partial charge in [-0.05, 0) is 36.1 Å². The van der Waals surface area contributed by atoms with E-state index < -0.39 is 8.07 Å². The summed E-state index contributed by atoms with van der Waals surface area (Å²) in [6.07, 6.45) is 4.00. The number of rotatable bonds is 1. The fraction of sp³-hybridized carbons (Fsp3) is 0.227. The molecule has 0 radical (unpaired) electrons. The first-order valence-corrected chi connectivity index (χ1v) is 13.3. The first-order valence-electron chi connectivity index (χ1n) is 9.00. The second kappa shape index (κ2) is 5.24. The third-order valence-corrected chi connectivity index (χ3v) is 8.61. The molecule has 0 unspecified atom stereocenters. The maximum absolute atomic E-state index is 5.72. The molecule has 0 aliphatic carbocycles. The zero-order valence-corrected chi connectivity index (χ0v) is 17.6. The molecule has 0 saturated heterocycles. The summed E-state index contributed by atoms with van der Waals surface area (Å²) >= 11 is 1.90. The Hall–Kier alpha value is -2.04. The van der Waals surface area contributed by atoms with Crippen LogP contribution < -0.4 is 9.75 Å². The molecule has 130 valence electrons. The number of benzene rings is 2. The predicted octanol–water partition coefficient (Wildman–Crippen LogP) is 5.40. The lowest BCUT2D eigenvalue weighted by atomic mass is 9.96. The van der Waals surface area contributed by atoms with Gasteiger partial charge in [0.05, 0.1) is 25.3 Å². The monoisotopic (exact) mass is 376 g/mol. The van der Waals surface area contributed by atoms with Crippen molar-refractivity contribution in [2.24, 2.45) is 7.05 Å². The fourth-order valence-corrected chi connectivity index (χ4v) is 6.55. The molecular weight excluding hydrogens is 354 g/mol. The van der Waals surface area contributed by atoms with Gasteiger partial charge >= 0.3 is 0 Å². The minimum absolute atomic E-state index is 0.980. The summed E-state index contributed by atoms with van der Waals surface area (Å²) in [6.45, 7) is 9.48. The second-order valence-corrected chi connectivity index (χ2v) is 14.4. The standard InChI is InChI=1S/C22H22NOSSi/c1-13-16-7-9-24-17(16)12-19-20(13)22-21-14(6-8-23(22)2)10-15(26(3,4)5)11-18(21)25-19/h6-12H,1-5H3/q+1. The molecule has 2 aromatic heterocycles. The molecule has 5 rings (SSSR count). The SMILES string of the molecule is Cc1c2c(cc3occc13)Sc1cc([Si](C)(C)C)cc3cc[n+](C)c-2c13. The van der Waals surface area contributed by atoms with Crippen LogP contribution in [0.3, 0.4) is 0 Å². The molecule has 2 nitrogen and oxygen atoms in total. The zero-order valence-electron chi connectivity index (χ0n) is 15.8. The third kappa shape index (κ3) is 2.15. The molecule has 0 amide bonds. The van der Waals surface area contributed by atoms with Gasteiger partial charge in [-0.1, -0.05) is 42.7 Å². The van der Waals surface area contributed by atoms with Crippen LogP contribution in [0.15, 0.2) is 57.0 Å². The van der Waals surface area contributed by atoms with Crippen molar-refractivity contribution < 1.29 is 8.98 Å². The van der Waals surface area contributed by atoms with E-state index in [4.69, 9.17) is 4.42 Å². The Morgan fingerprint density at radius 2 is 1.85 bits per heavy atom. The molecule has 0 saturated carbocycles. The number of aromatic nitrogens is 1. The van der Waals surface area contributed by atoms with Gasteiger partial charge in [-0.2, -0.15) is 0 Å². The van der Waals surface area contributed by atoms with Gasteiger partial charge in [0.25, 0.3) is 0 Å². The topological polar surface area (TPSA) is 17.0 Å². The molecule has 2 aromatic carbocycles. The Kier molecular flexibility index (Phi) is 3.26. The van der Waals surface area contributed by atoms with Crippen LogP contribution in [-0.4, -0.2) is 8.07 Å². The highest BCUT2D eigenvalue weighted by molar-refractivity contribution is 7.99. The normalized spacial score (nSPS) is 13.4. The summed E-state index contributed by atoms with van der Waals surface area (Å²) in [5.41, 5.74) is 4.97. The summed E-state index contributed by atoms with van der Waals surface area (Å²) in [4.78, 5) is 2.68. The summed E-state index contributed by atoms with van der Waals surface area (Å²) in [5, 5.41) is 5.48. The van der Waals surface area contributed by atoms with Crippen LogP contribution in [0.5, 0.6) is 0 Å². The van der Waals surface area contributed by atoms with Crippen LogP contribution in [0.4, 0.5) is 0 Å². The van der Waals surface area contributed by atoms with Gasteiger partial charge in [-0.15, -0.1) is 0 Å². The maximum atomic E-state index is 5.72. The Balaban J connectivity index is 1.94. The van der Waals surface area contributed by atoms with Gasteiger partial charge < -0.3 is 4.42 Å². The summed E-state index contributed by atoms with van der Waals surface area (Å²) in [6, 6.07) is 11.4. The van der Waals surface area contributed by atoms with E-state index in [1.54, 1.807) is 6.26 Å². The van der Waals surface area contributed by atoms with E-state index >= 15 is 0 Å². The average Bonchev–Trinajstić information content (AvgIpc) is 3.05. The first-order chi connectivity index (χ1) is 12.3. The van der Waals surface area contributed by atoms with Crippen molar-refractivity contribution in [3.05, 3.63) is 48.4 Å². The molecule has 0 N–H and O–H groups in total. The van der Waals surface area contributed by atoms with E-state index in [-0.39, 0.29) is 0 Å². The van der Waals surface area contributed by atoms with Gasteiger partial charge in [0.1, 0.15) is 12.6 Å². The van der Waals surface area contributed by atoms with Crippen molar-refractivity contribution in [1.82, 2.24) is 0 Å². The Labute approximate surface area is 158 Å². The predicted molar refractivity (Wildman–Crippen MR) is 112 cm³/mol. The van der Waals surface area contributed by atoms with Crippen molar-refractivity contribution in [1.29, 1.82) is 0 Å². The molecule has 4 aromatic rings. The van der Waals surface area contributed by atoms with Crippen LogP contribution in [-0.2, 0) is 7.05 Å². The second-order valence-electron chi connectivity index (χ2n) is 8.27. The average molecular weight is 377 g/mol. The lowest BCUT2D eigenvalue weighted by molar-refractivity contribution is -0.659. The molecule has 3 heterocycles. The smallest absolute Gasteiger partial charge is 0.222 e. The van der Waals surface area contributed by atoms with Crippen LogP contribution in [0.1, 0.15) is 5.56 Å². The van der Waals surface area contributed by atoms with Gasteiger partial charge in [-0.3, -0.25) is 0 Å². The third-order valence-electron chi connectivity index (χ3n) is 5.51. The molecule has 0 spiro atoms. The number of pyridine rings is 1. The van der Waals surface area contributed by atoms with Crippen LogP contribution in [0.25, 0.3) is 33.0 Å². The van der Waals surface area contributed by atoms with Crippen molar-refractivity contribution in [2.75, 3.05) is 0 Å². The Morgan fingerprint density at radius 1 is 1.04 bits per heavy atom. The van der Waals surface area contributed by atoms with Crippen molar-refractivity contribution >= 4 is 46.8 Å². The van der Waals surface area contributed by atoms with Crippen LogP contribution >= 0.6 is 11.8 Å². The van der Waals surface area contributed by atoms with E-state index in [2.05, 4.69) is 74.7 Å². The number of aryl methyl sites for hydroxylation is 2. The fourth-order valence-electron chi connectivity index (χ4n) is 4.03. The van der Waals surface area contributed by atoms with Crippen molar-refractivity contribution in [3.63, 3.8) is 0 Å². The van der Waals surface area contributed by atoms with Gasteiger partial charge in [-0.25, -0.2) is 4.57 Å². The van der Waals surface area contributed by atoms with E-state index in [1.807, 2.05) is 11.8 Å². The number of furan rings is 1. The minimum atomic E-state index is -1.38. The van der Waals surface area contributed by atoms with E-state index in [9.17, 15) is 0 Å². The number of fused-ring (bicyclic) bond motifs is 3. The molecule has 4 heteroatoms. The molecular formula is C22H22NOSSi+. The maximum Gasteiger partial charge on any atom is 0.222 e. The van der Waals surface area contributed by atoms with Crippen molar-refractivity contribution in [3.8, 4) is 11.3 Å². The van der Waals surface area contributed by atoms with E-state index in [0.29, 0.717) is 0 Å². The van der Waals surface area contributed by atoms with Crippen molar-refractivity contribution in [2.45, 2.75) is 36.4 Å². The zero-order chi connectivity index (χ0) is 18.2. The van der Waals surface area contributed by atoms with Crippen LogP contribution in [0.2, 0.25) is 19.6 Å². The molecule has 1 aliphatic heterocycles. The molecule has 0 bridgehead atoms. The summed E-state index contributed by atoms with van der Waals surface area (Å²) < 4.78 is 8.00. The highest BCUT2D eigenvalue weighted by Crippen LogP contribution is 2.49. The number of nitrogens with zero attached hydrogens (tertiary/aromatic N) is 1. The quantitative estimate of drug-likeness (QED) is 0.288. The van der Waals surface area contributed by atoms with Gasteiger partial charge in [0.15, 0.2) is 6.20 Å². The number of hydrogen-bond donors (Lipinski definition) is 0. The largest absolute Gasteiger partial charge is 0.464 e. The minimum Gasteiger partial charge on any atom is -0.464 e. The summed E-state index contributed by atoms with van der Waals surface area (Å²) in [7, 11) is 0.777. The lowest BCUT2D eigenvalue weighted by Gasteiger charge is -2.23. The molecule has 1 aliphatic rings. The van der Waals surface area contributed by atoms with Crippen LogP contribution in [0, 0.1) is 6.92 Å². The lowest BCUT2D eigenvalue weighted by Crippen LogP contribution is -2.38. The highest BCUT2D eigenvalue weighted by Gasteiger charge is 2.31.